The van der Waals surface area contributed by atoms with Gasteiger partial charge in [0.2, 0.25) is 0 Å². The third kappa shape index (κ3) is 2.80. The Morgan fingerprint density at radius 3 is 2.35 bits per heavy atom. The van der Waals surface area contributed by atoms with E-state index in [4.69, 9.17) is 9.84 Å². The summed E-state index contributed by atoms with van der Waals surface area (Å²) in [6, 6.07) is 18.9. The van der Waals surface area contributed by atoms with Gasteiger partial charge < -0.3 is 4.74 Å². The molecule has 8 rings (SSSR count). The molecule has 4 aliphatic rings. The van der Waals surface area contributed by atoms with Gasteiger partial charge in [-0.25, -0.2) is 0 Å². The van der Waals surface area contributed by atoms with E-state index in [0.717, 1.165) is 34.7 Å². The Labute approximate surface area is 182 Å². The van der Waals surface area contributed by atoms with E-state index in [1.54, 1.807) is 0 Å². The van der Waals surface area contributed by atoms with Crippen LogP contribution in [0.25, 0.3) is 16.4 Å². The number of fused-ring (bicyclic) bond motifs is 2. The lowest BCUT2D eigenvalue weighted by atomic mass is 9.49. The van der Waals surface area contributed by atoms with Crippen LogP contribution < -0.4 is 4.74 Å². The van der Waals surface area contributed by atoms with Gasteiger partial charge in [-0.1, -0.05) is 36.4 Å². The fourth-order valence-corrected chi connectivity index (χ4v) is 7.25. The van der Waals surface area contributed by atoms with Crippen LogP contribution in [0.3, 0.4) is 0 Å². The summed E-state index contributed by atoms with van der Waals surface area (Å²) in [7, 11) is 0. The van der Waals surface area contributed by atoms with Crippen LogP contribution in [0.15, 0.2) is 60.8 Å². The van der Waals surface area contributed by atoms with Crippen molar-refractivity contribution in [3.05, 3.63) is 72.2 Å². The second-order valence-electron chi connectivity index (χ2n) is 10.2. The fraction of sp³-hybridized carbons (Fsp3) is 0.407. The second kappa shape index (κ2) is 6.56. The van der Waals surface area contributed by atoms with Crippen LogP contribution in [0.4, 0.5) is 0 Å². The number of rotatable bonds is 4. The largest absolute Gasteiger partial charge is 0.489 e. The van der Waals surface area contributed by atoms with Crippen LogP contribution in [-0.4, -0.2) is 14.6 Å². The molecular formula is C27H27N3O. The molecule has 0 aliphatic heterocycles. The van der Waals surface area contributed by atoms with Crippen molar-refractivity contribution in [3.63, 3.8) is 0 Å². The first-order chi connectivity index (χ1) is 15.3. The smallest absolute Gasteiger partial charge is 0.167 e. The van der Waals surface area contributed by atoms with Gasteiger partial charge in [0.1, 0.15) is 18.2 Å². The van der Waals surface area contributed by atoms with Crippen molar-refractivity contribution >= 4 is 16.4 Å². The average molecular weight is 410 g/mol. The number of hydrogen-bond donors (Lipinski definition) is 0. The zero-order valence-corrected chi connectivity index (χ0v) is 17.7. The van der Waals surface area contributed by atoms with Gasteiger partial charge >= 0.3 is 0 Å². The van der Waals surface area contributed by atoms with Crippen molar-refractivity contribution in [1.29, 1.82) is 0 Å². The van der Waals surface area contributed by atoms with E-state index in [-0.39, 0.29) is 5.41 Å². The molecule has 4 bridgehead atoms. The van der Waals surface area contributed by atoms with E-state index in [1.807, 2.05) is 6.07 Å². The number of aromatic nitrogens is 3. The minimum atomic E-state index is 0.242. The minimum Gasteiger partial charge on any atom is -0.489 e. The third-order valence-electron chi connectivity index (χ3n) is 8.14. The van der Waals surface area contributed by atoms with Gasteiger partial charge in [0, 0.05) is 17.2 Å². The fourth-order valence-electron chi connectivity index (χ4n) is 7.25. The molecule has 4 heteroatoms. The normalized spacial score (nSPS) is 29.1. The van der Waals surface area contributed by atoms with Gasteiger partial charge in [-0.3, -0.25) is 4.40 Å². The predicted molar refractivity (Wildman–Crippen MR) is 121 cm³/mol. The molecule has 0 spiro atoms. The molecule has 4 saturated carbocycles. The first-order valence-electron chi connectivity index (χ1n) is 11.7. The van der Waals surface area contributed by atoms with Crippen molar-refractivity contribution in [2.75, 3.05) is 0 Å². The lowest BCUT2D eigenvalue weighted by Gasteiger charge is -2.55. The second-order valence-corrected chi connectivity index (χ2v) is 10.2. The molecule has 31 heavy (non-hydrogen) atoms. The van der Waals surface area contributed by atoms with Crippen molar-refractivity contribution in [3.8, 4) is 5.75 Å². The summed E-state index contributed by atoms with van der Waals surface area (Å²) in [6.45, 7) is 0.502. The van der Waals surface area contributed by atoms with Gasteiger partial charge in [-0.05, 0) is 85.3 Å². The van der Waals surface area contributed by atoms with Crippen LogP contribution in [0.2, 0.25) is 0 Å². The van der Waals surface area contributed by atoms with E-state index >= 15 is 0 Å². The molecule has 156 valence electrons. The molecule has 2 aromatic heterocycles. The summed E-state index contributed by atoms with van der Waals surface area (Å²) in [4.78, 5) is 0. The Morgan fingerprint density at radius 2 is 1.58 bits per heavy atom. The van der Waals surface area contributed by atoms with Gasteiger partial charge in [0.25, 0.3) is 0 Å². The van der Waals surface area contributed by atoms with Gasteiger partial charge in [-0.2, -0.15) is 0 Å². The van der Waals surface area contributed by atoms with Gasteiger partial charge in [0.05, 0.1) is 0 Å². The highest BCUT2D eigenvalue weighted by molar-refractivity contribution is 5.83. The number of nitrogens with zero attached hydrogens (tertiary/aromatic N) is 3. The molecule has 2 heterocycles. The predicted octanol–water partition coefficient (Wildman–Crippen LogP) is 5.93. The van der Waals surface area contributed by atoms with E-state index in [2.05, 4.69) is 64.2 Å². The van der Waals surface area contributed by atoms with Crippen molar-refractivity contribution in [2.24, 2.45) is 17.8 Å². The lowest BCUT2D eigenvalue weighted by molar-refractivity contribution is -0.00984. The lowest BCUT2D eigenvalue weighted by Crippen LogP contribution is -2.49. The first kappa shape index (κ1) is 17.8. The van der Waals surface area contributed by atoms with Crippen LogP contribution in [0, 0.1) is 17.8 Å². The summed E-state index contributed by atoms with van der Waals surface area (Å²) in [5.41, 5.74) is 2.29. The maximum Gasteiger partial charge on any atom is 0.167 e. The number of ether oxygens (including phenoxy) is 1. The quantitative estimate of drug-likeness (QED) is 0.419. The first-order valence-corrected chi connectivity index (χ1v) is 11.7. The topological polar surface area (TPSA) is 39.4 Å². The third-order valence-corrected chi connectivity index (χ3v) is 8.14. The van der Waals surface area contributed by atoms with E-state index < -0.39 is 0 Å². The SMILES string of the molecule is c1ccc2cc(OCc3cccn4c(C56CC7CC(CC(C7)C5)C6)nnc34)ccc2c1. The molecule has 0 atom stereocenters. The summed E-state index contributed by atoms with van der Waals surface area (Å²) in [5, 5.41) is 11.9. The molecule has 4 fully saturated rings. The summed E-state index contributed by atoms with van der Waals surface area (Å²) < 4.78 is 8.46. The Kier molecular flexibility index (Phi) is 3.76. The van der Waals surface area contributed by atoms with Crippen LogP contribution in [-0.2, 0) is 12.0 Å². The summed E-state index contributed by atoms with van der Waals surface area (Å²) in [6.07, 6.45) is 10.4. The zero-order valence-electron chi connectivity index (χ0n) is 17.7. The molecule has 0 unspecified atom stereocenters. The standard InChI is InChI=1S/C27H27N3O/c1-2-5-22-13-24(8-7-21(22)4-1)31-17-23-6-3-9-30-25(23)28-29-26(30)27-14-18-10-19(15-27)12-20(11-18)16-27/h1-9,13,18-20H,10-12,14-17H2. The molecular weight excluding hydrogens is 382 g/mol. The van der Waals surface area contributed by atoms with E-state index in [0.29, 0.717) is 6.61 Å². The number of hydrogen-bond acceptors (Lipinski definition) is 3. The number of pyridine rings is 1. The van der Waals surface area contributed by atoms with Crippen molar-refractivity contribution < 1.29 is 4.74 Å². The number of benzene rings is 2. The Hall–Kier alpha value is -2.88. The minimum absolute atomic E-state index is 0.242. The molecule has 0 radical (unpaired) electrons. The monoisotopic (exact) mass is 409 g/mol. The molecule has 0 amide bonds. The maximum absolute atomic E-state index is 6.19. The molecule has 2 aromatic carbocycles. The summed E-state index contributed by atoms with van der Waals surface area (Å²) in [5.74, 6) is 4.80. The van der Waals surface area contributed by atoms with Gasteiger partial charge in [-0.15, -0.1) is 10.2 Å². The molecule has 4 aromatic rings. The highest BCUT2D eigenvalue weighted by Crippen LogP contribution is 2.60. The molecule has 0 saturated heterocycles. The van der Waals surface area contributed by atoms with Crippen molar-refractivity contribution in [2.45, 2.75) is 50.5 Å². The Morgan fingerprint density at radius 1 is 0.839 bits per heavy atom. The molecule has 0 N–H and O–H groups in total. The zero-order chi connectivity index (χ0) is 20.4. The highest BCUT2D eigenvalue weighted by atomic mass is 16.5. The van der Waals surface area contributed by atoms with E-state index in [1.165, 1.54) is 55.1 Å². The van der Waals surface area contributed by atoms with Crippen LogP contribution >= 0.6 is 0 Å². The van der Waals surface area contributed by atoms with Gasteiger partial charge in [0.15, 0.2) is 5.65 Å². The molecule has 4 aliphatic carbocycles. The van der Waals surface area contributed by atoms with Crippen LogP contribution in [0.1, 0.15) is 49.9 Å². The summed E-state index contributed by atoms with van der Waals surface area (Å²) >= 11 is 0. The van der Waals surface area contributed by atoms with Crippen LogP contribution in [0.5, 0.6) is 5.75 Å². The average Bonchev–Trinajstić information content (AvgIpc) is 3.22. The maximum atomic E-state index is 6.19. The Bertz CT molecular complexity index is 1250. The Balaban J connectivity index is 1.20. The molecule has 4 nitrogen and oxygen atoms in total. The van der Waals surface area contributed by atoms with Crippen molar-refractivity contribution in [1.82, 2.24) is 14.6 Å². The highest BCUT2D eigenvalue weighted by Gasteiger charge is 2.53. The van der Waals surface area contributed by atoms with E-state index in [9.17, 15) is 0 Å².